The molecule has 0 aromatic carbocycles. The summed E-state index contributed by atoms with van der Waals surface area (Å²) in [5.41, 5.74) is 0. The lowest BCUT2D eigenvalue weighted by molar-refractivity contribution is 0.232. The summed E-state index contributed by atoms with van der Waals surface area (Å²) in [5, 5.41) is 3.39. The van der Waals surface area contributed by atoms with E-state index in [9.17, 15) is 0 Å². The molecule has 5 nitrogen and oxygen atoms in total. The molecule has 0 atom stereocenters. The van der Waals surface area contributed by atoms with Crippen LogP contribution < -0.4 is 15.0 Å². The molecule has 1 fully saturated rings. The van der Waals surface area contributed by atoms with Crippen molar-refractivity contribution in [3.05, 3.63) is 12.3 Å². The normalized spacial score (nSPS) is 16.6. The van der Waals surface area contributed by atoms with Gasteiger partial charge in [0.1, 0.15) is 0 Å². The zero-order valence-electron chi connectivity index (χ0n) is 12.1. The topological polar surface area (TPSA) is 50.3 Å². The van der Waals surface area contributed by atoms with Gasteiger partial charge >= 0.3 is 0 Å². The summed E-state index contributed by atoms with van der Waals surface area (Å²) in [6.07, 6.45) is 4.36. The van der Waals surface area contributed by atoms with Crippen LogP contribution in [0.25, 0.3) is 0 Å². The van der Waals surface area contributed by atoms with Crippen LogP contribution >= 0.6 is 0 Å². The van der Waals surface area contributed by atoms with Gasteiger partial charge in [0.2, 0.25) is 11.8 Å². The molecule has 0 unspecified atom stereocenters. The van der Waals surface area contributed by atoms with Crippen LogP contribution in [0.2, 0.25) is 0 Å². The minimum atomic E-state index is 0.137. The Labute approximate surface area is 115 Å². The van der Waals surface area contributed by atoms with Crippen LogP contribution in [0.4, 0.5) is 5.95 Å². The van der Waals surface area contributed by atoms with Crippen LogP contribution in [0, 0.1) is 5.92 Å². The third-order valence-electron chi connectivity index (χ3n) is 3.31. The summed E-state index contributed by atoms with van der Waals surface area (Å²) in [5.74, 6) is 2.12. The van der Waals surface area contributed by atoms with Crippen molar-refractivity contribution in [3.63, 3.8) is 0 Å². The number of nitrogens with one attached hydrogen (secondary N) is 1. The molecule has 0 amide bonds. The summed E-state index contributed by atoms with van der Waals surface area (Å²) in [4.78, 5) is 10.9. The predicted octanol–water partition coefficient (Wildman–Crippen LogP) is 1.70. The van der Waals surface area contributed by atoms with Gasteiger partial charge in [0.05, 0.1) is 6.10 Å². The number of piperidine rings is 1. The van der Waals surface area contributed by atoms with Gasteiger partial charge in [-0.2, -0.15) is 4.98 Å². The van der Waals surface area contributed by atoms with Gasteiger partial charge in [0, 0.05) is 25.9 Å². The highest BCUT2D eigenvalue weighted by Gasteiger charge is 2.16. The van der Waals surface area contributed by atoms with Gasteiger partial charge in [-0.1, -0.05) is 0 Å². The van der Waals surface area contributed by atoms with Gasteiger partial charge in [-0.05, 0) is 45.7 Å². The fourth-order valence-electron chi connectivity index (χ4n) is 2.36. The molecule has 0 spiro atoms. The lowest BCUT2D eigenvalue weighted by atomic mass is 9.98. The zero-order chi connectivity index (χ0) is 13.7. The van der Waals surface area contributed by atoms with E-state index in [1.165, 1.54) is 12.8 Å². The number of hydrogen-bond donors (Lipinski definition) is 1. The SMILES string of the molecule is CC(C)Oc1ccnc(N(C)CC2CCNCC2)n1. The maximum atomic E-state index is 5.61. The van der Waals surface area contributed by atoms with Crippen molar-refractivity contribution >= 4 is 5.95 Å². The third-order valence-corrected chi connectivity index (χ3v) is 3.31. The van der Waals surface area contributed by atoms with Crippen LogP contribution in [0.3, 0.4) is 0 Å². The molecule has 1 aliphatic rings. The first-order chi connectivity index (χ1) is 9.15. The van der Waals surface area contributed by atoms with E-state index in [2.05, 4.69) is 27.2 Å². The van der Waals surface area contributed by atoms with Crippen molar-refractivity contribution < 1.29 is 4.74 Å². The molecule has 2 heterocycles. The van der Waals surface area contributed by atoms with Crippen molar-refractivity contribution in [2.24, 2.45) is 5.92 Å². The van der Waals surface area contributed by atoms with E-state index in [1.807, 2.05) is 19.9 Å². The molecule has 19 heavy (non-hydrogen) atoms. The molecule has 1 aliphatic heterocycles. The standard InChI is InChI=1S/C14H24N4O/c1-11(2)19-13-6-9-16-14(17-13)18(3)10-12-4-7-15-8-5-12/h6,9,11-12,15H,4-5,7-8,10H2,1-3H3. The Morgan fingerprint density at radius 2 is 2.16 bits per heavy atom. The molecule has 1 N–H and O–H groups in total. The molecule has 1 saturated heterocycles. The fourth-order valence-corrected chi connectivity index (χ4v) is 2.36. The van der Waals surface area contributed by atoms with Crippen LogP contribution in [0.15, 0.2) is 12.3 Å². The van der Waals surface area contributed by atoms with E-state index < -0.39 is 0 Å². The van der Waals surface area contributed by atoms with Crippen LogP contribution in [0.1, 0.15) is 26.7 Å². The van der Waals surface area contributed by atoms with Crippen molar-refractivity contribution in [3.8, 4) is 5.88 Å². The fraction of sp³-hybridized carbons (Fsp3) is 0.714. The predicted molar refractivity (Wildman–Crippen MR) is 76.7 cm³/mol. The first-order valence-corrected chi connectivity index (χ1v) is 7.06. The summed E-state index contributed by atoms with van der Waals surface area (Å²) in [7, 11) is 2.05. The van der Waals surface area contributed by atoms with Gasteiger partial charge in [0.25, 0.3) is 0 Å². The molecule has 5 heteroatoms. The van der Waals surface area contributed by atoms with Gasteiger partial charge < -0.3 is 15.0 Å². The molecule has 0 bridgehead atoms. The lowest BCUT2D eigenvalue weighted by Gasteiger charge is -2.27. The molecule has 2 rings (SSSR count). The average molecular weight is 264 g/mol. The minimum absolute atomic E-state index is 0.137. The number of ether oxygens (including phenoxy) is 1. The number of rotatable bonds is 5. The Balaban J connectivity index is 1.95. The number of hydrogen-bond acceptors (Lipinski definition) is 5. The van der Waals surface area contributed by atoms with Crippen LogP contribution in [-0.2, 0) is 0 Å². The Morgan fingerprint density at radius 3 is 2.84 bits per heavy atom. The first kappa shape index (κ1) is 14.1. The molecule has 1 aromatic heterocycles. The van der Waals surface area contributed by atoms with Crippen LogP contribution in [-0.4, -0.2) is 42.8 Å². The molecule has 106 valence electrons. The Morgan fingerprint density at radius 1 is 1.42 bits per heavy atom. The van der Waals surface area contributed by atoms with Crippen molar-refractivity contribution in [2.75, 3.05) is 31.6 Å². The maximum absolute atomic E-state index is 5.61. The molecular formula is C14H24N4O. The third kappa shape index (κ3) is 4.35. The second-order valence-electron chi connectivity index (χ2n) is 5.44. The van der Waals surface area contributed by atoms with E-state index in [4.69, 9.17) is 4.74 Å². The first-order valence-electron chi connectivity index (χ1n) is 7.06. The zero-order valence-corrected chi connectivity index (χ0v) is 12.1. The lowest BCUT2D eigenvalue weighted by Crippen LogP contribution is -2.35. The Kier molecular flexibility index (Phi) is 4.96. The molecule has 1 aromatic rings. The van der Waals surface area contributed by atoms with E-state index >= 15 is 0 Å². The van der Waals surface area contributed by atoms with Crippen molar-refractivity contribution in [2.45, 2.75) is 32.8 Å². The largest absolute Gasteiger partial charge is 0.475 e. The van der Waals surface area contributed by atoms with E-state index in [-0.39, 0.29) is 6.10 Å². The highest BCUT2D eigenvalue weighted by molar-refractivity contribution is 5.30. The van der Waals surface area contributed by atoms with Gasteiger partial charge in [-0.3, -0.25) is 0 Å². The minimum Gasteiger partial charge on any atom is -0.475 e. The number of anilines is 1. The van der Waals surface area contributed by atoms with Crippen molar-refractivity contribution in [1.29, 1.82) is 0 Å². The average Bonchev–Trinajstić information content (AvgIpc) is 2.39. The smallest absolute Gasteiger partial charge is 0.228 e. The highest BCUT2D eigenvalue weighted by Crippen LogP contribution is 2.17. The maximum Gasteiger partial charge on any atom is 0.228 e. The van der Waals surface area contributed by atoms with E-state index in [0.717, 1.165) is 31.5 Å². The quantitative estimate of drug-likeness (QED) is 0.877. The Hall–Kier alpha value is -1.36. The summed E-state index contributed by atoms with van der Waals surface area (Å²) in [6.45, 7) is 7.25. The van der Waals surface area contributed by atoms with E-state index in [0.29, 0.717) is 5.88 Å². The molecular weight excluding hydrogens is 240 g/mol. The second-order valence-corrected chi connectivity index (χ2v) is 5.44. The monoisotopic (exact) mass is 264 g/mol. The van der Waals surface area contributed by atoms with Gasteiger partial charge in [-0.25, -0.2) is 4.98 Å². The molecule has 0 aliphatic carbocycles. The van der Waals surface area contributed by atoms with Gasteiger partial charge in [0.15, 0.2) is 0 Å². The highest BCUT2D eigenvalue weighted by atomic mass is 16.5. The summed E-state index contributed by atoms with van der Waals surface area (Å²) in [6, 6.07) is 1.81. The molecule has 0 saturated carbocycles. The van der Waals surface area contributed by atoms with Crippen LogP contribution in [0.5, 0.6) is 5.88 Å². The Bertz CT molecular complexity index is 391. The summed E-state index contributed by atoms with van der Waals surface area (Å²) >= 11 is 0. The summed E-state index contributed by atoms with van der Waals surface area (Å²) < 4.78 is 5.61. The van der Waals surface area contributed by atoms with E-state index in [1.54, 1.807) is 6.20 Å². The van der Waals surface area contributed by atoms with Crippen molar-refractivity contribution in [1.82, 2.24) is 15.3 Å². The number of aromatic nitrogens is 2. The molecule has 0 radical (unpaired) electrons. The number of nitrogens with zero attached hydrogens (tertiary/aromatic N) is 3. The second kappa shape index (κ2) is 6.70. The van der Waals surface area contributed by atoms with Gasteiger partial charge in [-0.15, -0.1) is 0 Å².